The third-order valence-corrected chi connectivity index (χ3v) is 3.86. The summed E-state index contributed by atoms with van der Waals surface area (Å²) < 4.78 is 0. The number of benzene rings is 3. The van der Waals surface area contributed by atoms with Gasteiger partial charge in [-0.05, 0) is 24.6 Å². The highest BCUT2D eigenvalue weighted by atomic mass is 16.1. The van der Waals surface area contributed by atoms with Crippen molar-refractivity contribution in [2.45, 2.75) is 6.92 Å². The quantitative estimate of drug-likeness (QED) is 0.504. The summed E-state index contributed by atoms with van der Waals surface area (Å²) in [4.78, 5) is 12.9. The normalized spacial score (nSPS) is 11.5. The van der Waals surface area contributed by atoms with Gasteiger partial charge in [-0.25, -0.2) is 0 Å². The Bertz CT molecular complexity index is 837. The van der Waals surface area contributed by atoms with E-state index < -0.39 is 0 Å². The number of carbonyl (C=O) groups excluding carboxylic acids is 1. The standard InChI is InChI=1S/C22H19NO/c1-17(22(24)19-13-7-3-8-14-19)21(18-11-5-2-6-12-18)23-20-15-9-4-10-16-20/h2-16,23H,1H3/b21-17-. The van der Waals surface area contributed by atoms with Crippen molar-refractivity contribution in [3.05, 3.63) is 108 Å². The van der Waals surface area contributed by atoms with Gasteiger partial charge in [0, 0.05) is 16.8 Å². The maximum absolute atomic E-state index is 12.9. The average molecular weight is 313 g/mol. The number of ketones is 1. The monoisotopic (exact) mass is 313 g/mol. The Morgan fingerprint density at radius 3 is 1.67 bits per heavy atom. The third-order valence-electron chi connectivity index (χ3n) is 3.86. The van der Waals surface area contributed by atoms with E-state index in [1.54, 1.807) is 0 Å². The van der Waals surface area contributed by atoms with Crippen LogP contribution in [-0.4, -0.2) is 5.78 Å². The fraction of sp³-hybridized carbons (Fsp3) is 0.0455. The molecule has 0 aliphatic heterocycles. The molecule has 0 aromatic heterocycles. The molecule has 3 rings (SSSR count). The van der Waals surface area contributed by atoms with E-state index in [1.807, 2.05) is 97.9 Å². The zero-order valence-corrected chi connectivity index (χ0v) is 13.6. The van der Waals surface area contributed by atoms with Crippen LogP contribution in [0.2, 0.25) is 0 Å². The van der Waals surface area contributed by atoms with Crippen LogP contribution in [0.3, 0.4) is 0 Å². The van der Waals surface area contributed by atoms with Gasteiger partial charge in [0.1, 0.15) is 0 Å². The Hall–Kier alpha value is -3.13. The van der Waals surface area contributed by atoms with E-state index in [0.29, 0.717) is 11.1 Å². The molecule has 2 heteroatoms. The predicted octanol–water partition coefficient (Wildman–Crippen LogP) is 5.41. The molecule has 118 valence electrons. The van der Waals surface area contributed by atoms with Crippen LogP contribution in [0.25, 0.3) is 5.70 Å². The highest BCUT2D eigenvalue weighted by molar-refractivity contribution is 6.13. The number of para-hydroxylation sites is 1. The first-order chi connectivity index (χ1) is 11.8. The molecule has 2 nitrogen and oxygen atoms in total. The Kier molecular flexibility index (Phi) is 4.87. The molecular formula is C22H19NO. The molecule has 0 fully saturated rings. The lowest BCUT2D eigenvalue weighted by Gasteiger charge is -2.15. The van der Waals surface area contributed by atoms with E-state index in [9.17, 15) is 4.79 Å². The molecule has 0 heterocycles. The van der Waals surface area contributed by atoms with E-state index in [4.69, 9.17) is 0 Å². The number of anilines is 1. The average Bonchev–Trinajstić information content (AvgIpc) is 2.67. The molecule has 1 N–H and O–H groups in total. The maximum Gasteiger partial charge on any atom is 0.190 e. The van der Waals surface area contributed by atoms with E-state index in [1.165, 1.54) is 0 Å². The molecule has 0 radical (unpaired) electrons. The van der Waals surface area contributed by atoms with Gasteiger partial charge in [0.25, 0.3) is 0 Å². The second-order valence-corrected chi connectivity index (χ2v) is 5.55. The van der Waals surface area contributed by atoms with E-state index in [2.05, 4.69) is 5.32 Å². The van der Waals surface area contributed by atoms with E-state index >= 15 is 0 Å². The van der Waals surface area contributed by atoms with Crippen molar-refractivity contribution in [3.8, 4) is 0 Å². The van der Waals surface area contributed by atoms with Crippen molar-refractivity contribution >= 4 is 17.2 Å². The number of hydrogen-bond donors (Lipinski definition) is 1. The number of nitrogens with one attached hydrogen (secondary N) is 1. The van der Waals surface area contributed by atoms with Gasteiger partial charge >= 0.3 is 0 Å². The molecule has 0 aliphatic carbocycles. The first kappa shape index (κ1) is 15.8. The van der Waals surface area contributed by atoms with Crippen LogP contribution in [-0.2, 0) is 0 Å². The number of hydrogen-bond acceptors (Lipinski definition) is 2. The van der Waals surface area contributed by atoms with Gasteiger partial charge in [-0.3, -0.25) is 4.79 Å². The van der Waals surface area contributed by atoms with Crippen LogP contribution in [0.1, 0.15) is 22.8 Å². The molecule has 0 atom stereocenters. The molecule has 0 unspecified atom stereocenters. The van der Waals surface area contributed by atoms with Crippen LogP contribution < -0.4 is 5.32 Å². The summed E-state index contributed by atoms with van der Waals surface area (Å²) in [5.74, 6) is 0.0258. The van der Waals surface area contributed by atoms with E-state index in [-0.39, 0.29) is 5.78 Å². The van der Waals surface area contributed by atoms with Crippen molar-refractivity contribution in [2.75, 3.05) is 5.32 Å². The molecule has 0 amide bonds. The van der Waals surface area contributed by atoms with Gasteiger partial charge in [-0.15, -0.1) is 0 Å². The molecule has 3 aromatic rings. The van der Waals surface area contributed by atoms with E-state index in [0.717, 1.165) is 16.9 Å². The second-order valence-electron chi connectivity index (χ2n) is 5.55. The minimum Gasteiger partial charge on any atom is -0.355 e. The maximum atomic E-state index is 12.9. The van der Waals surface area contributed by atoms with Gasteiger partial charge in [-0.2, -0.15) is 0 Å². The highest BCUT2D eigenvalue weighted by Crippen LogP contribution is 2.24. The molecule has 0 saturated heterocycles. The lowest BCUT2D eigenvalue weighted by molar-refractivity contribution is 0.103. The fourth-order valence-electron chi connectivity index (χ4n) is 2.57. The summed E-state index contributed by atoms with van der Waals surface area (Å²) >= 11 is 0. The SMILES string of the molecule is C/C(C(=O)c1ccccc1)=C(/Nc1ccccc1)c1ccccc1. The largest absolute Gasteiger partial charge is 0.355 e. The van der Waals surface area contributed by atoms with Gasteiger partial charge in [0.2, 0.25) is 0 Å². The number of carbonyl (C=O) groups is 1. The Morgan fingerprint density at radius 2 is 1.12 bits per heavy atom. The number of Topliss-reactive ketones (excluding diaryl/α,β-unsaturated/α-hetero) is 1. The van der Waals surface area contributed by atoms with Crippen molar-refractivity contribution < 1.29 is 4.79 Å². The van der Waals surface area contributed by atoms with Crippen molar-refractivity contribution in [1.29, 1.82) is 0 Å². The van der Waals surface area contributed by atoms with Crippen LogP contribution in [0.4, 0.5) is 5.69 Å². The zero-order valence-electron chi connectivity index (χ0n) is 13.6. The van der Waals surface area contributed by atoms with Crippen LogP contribution >= 0.6 is 0 Å². The van der Waals surface area contributed by atoms with Gasteiger partial charge in [0.05, 0.1) is 5.70 Å². The molecule has 0 saturated carbocycles. The van der Waals surface area contributed by atoms with Gasteiger partial charge in [-0.1, -0.05) is 78.9 Å². The van der Waals surface area contributed by atoms with Crippen molar-refractivity contribution in [3.63, 3.8) is 0 Å². The highest BCUT2D eigenvalue weighted by Gasteiger charge is 2.14. The summed E-state index contributed by atoms with van der Waals surface area (Å²) in [7, 11) is 0. The topological polar surface area (TPSA) is 29.1 Å². The van der Waals surface area contributed by atoms with Crippen molar-refractivity contribution in [1.82, 2.24) is 0 Å². The summed E-state index contributed by atoms with van der Waals surface area (Å²) in [6.07, 6.45) is 0. The summed E-state index contributed by atoms with van der Waals surface area (Å²) in [6.45, 7) is 1.87. The summed E-state index contributed by atoms with van der Waals surface area (Å²) in [5.41, 5.74) is 4.16. The third kappa shape index (κ3) is 3.61. The molecule has 0 aliphatic rings. The molecular weight excluding hydrogens is 294 g/mol. The number of allylic oxidation sites excluding steroid dienone is 1. The molecule has 0 bridgehead atoms. The summed E-state index contributed by atoms with van der Waals surface area (Å²) in [6, 6.07) is 29.2. The van der Waals surface area contributed by atoms with Crippen LogP contribution in [0.15, 0.2) is 96.6 Å². The Balaban J connectivity index is 2.04. The van der Waals surface area contributed by atoms with Gasteiger partial charge < -0.3 is 5.32 Å². The van der Waals surface area contributed by atoms with Crippen LogP contribution in [0, 0.1) is 0 Å². The smallest absolute Gasteiger partial charge is 0.190 e. The van der Waals surface area contributed by atoms with Crippen molar-refractivity contribution in [2.24, 2.45) is 0 Å². The lowest BCUT2D eigenvalue weighted by Crippen LogP contribution is -2.09. The second kappa shape index (κ2) is 7.42. The minimum atomic E-state index is 0.0258. The number of rotatable bonds is 5. The Labute approximate surface area is 142 Å². The Morgan fingerprint density at radius 1 is 0.667 bits per heavy atom. The fourth-order valence-corrected chi connectivity index (χ4v) is 2.57. The molecule has 24 heavy (non-hydrogen) atoms. The van der Waals surface area contributed by atoms with Gasteiger partial charge in [0.15, 0.2) is 5.78 Å². The zero-order chi connectivity index (χ0) is 16.8. The first-order valence-corrected chi connectivity index (χ1v) is 7.94. The lowest BCUT2D eigenvalue weighted by atomic mass is 9.99. The minimum absolute atomic E-state index is 0.0258. The predicted molar refractivity (Wildman–Crippen MR) is 99.9 cm³/mol. The first-order valence-electron chi connectivity index (χ1n) is 7.94. The van der Waals surface area contributed by atoms with Crippen LogP contribution in [0.5, 0.6) is 0 Å². The molecule has 0 spiro atoms. The summed E-state index contributed by atoms with van der Waals surface area (Å²) in [5, 5.41) is 3.40. The molecule has 3 aromatic carbocycles.